The number of nitrogens with one attached hydrogen (secondary N) is 1. The van der Waals surface area contributed by atoms with E-state index in [1.165, 1.54) is 6.92 Å². The Bertz CT molecular complexity index is 1290. The summed E-state index contributed by atoms with van der Waals surface area (Å²) in [4.78, 5) is 24.8. The standard InChI is InChI=1S/C23H30ClN6O6P/c1-13(2)34-22(31)15(4)29-37(32,36-16-8-6-5-7-9-16)33-11-17-10-14(3)21(35-17)30-12-26-18-19(24)27-23(25)28-20(18)30/h5-9,12-15,17,21H,10-11H2,1-4H3,(H,29,32)(H2,25,27,28)/t14-,15-,17-,21?,37?/m0/s1. The Morgan fingerprint density at radius 1 is 1.30 bits per heavy atom. The second kappa shape index (κ2) is 11.3. The summed E-state index contributed by atoms with van der Waals surface area (Å²) in [6.07, 6.45) is 0.967. The smallest absolute Gasteiger partial charge is 0.459 e. The van der Waals surface area contributed by atoms with Crippen LogP contribution in [0.25, 0.3) is 11.2 Å². The van der Waals surface area contributed by atoms with E-state index in [0.29, 0.717) is 23.3 Å². The molecule has 1 aromatic carbocycles. The van der Waals surface area contributed by atoms with Gasteiger partial charge in [-0.25, -0.2) is 9.55 Å². The highest BCUT2D eigenvalue weighted by Crippen LogP contribution is 2.46. The zero-order chi connectivity index (χ0) is 26.7. The number of benzene rings is 1. The number of rotatable bonds is 10. The largest absolute Gasteiger partial charge is 0.462 e. The molecule has 1 fully saturated rings. The molecule has 0 spiro atoms. The Hall–Kier alpha value is -2.76. The fourth-order valence-corrected chi connectivity index (χ4v) is 5.71. The Kier molecular flexibility index (Phi) is 8.35. The molecular formula is C23H30ClN6O6P. The number of nitrogen functional groups attached to an aromatic ring is 1. The van der Waals surface area contributed by atoms with Crippen molar-refractivity contribution in [3.05, 3.63) is 41.8 Å². The van der Waals surface area contributed by atoms with E-state index in [1.807, 2.05) is 6.92 Å². The van der Waals surface area contributed by atoms with E-state index in [9.17, 15) is 9.36 Å². The Morgan fingerprint density at radius 2 is 2.03 bits per heavy atom. The van der Waals surface area contributed by atoms with Crippen LogP contribution < -0.4 is 15.3 Å². The second-order valence-electron chi connectivity index (χ2n) is 9.09. The zero-order valence-corrected chi connectivity index (χ0v) is 22.6. The van der Waals surface area contributed by atoms with E-state index >= 15 is 0 Å². The highest BCUT2D eigenvalue weighted by molar-refractivity contribution is 7.52. The molecule has 1 aliphatic heterocycles. The lowest BCUT2D eigenvalue weighted by atomic mass is 10.1. The number of halogens is 1. The van der Waals surface area contributed by atoms with Gasteiger partial charge < -0.3 is 19.7 Å². The molecule has 1 saturated heterocycles. The molecule has 4 rings (SSSR count). The van der Waals surface area contributed by atoms with Crippen molar-refractivity contribution >= 4 is 42.4 Å². The number of ether oxygens (including phenoxy) is 2. The number of nitrogens with two attached hydrogens (primary N) is 1. The van der Waals surface area contributed by atoms with Gasteiger partial charge in [-0.3, -0.25) is 13.9 Å². The minimum atomic E-state index is -4.00. The highest BCUT2D eigenvalue weighted by Gasteiger charge is 2.38. The second-order valence-corrected chi connectivity index (χ2v) is 11.1. The number of anilines is 1. The van der Waals surface area contributed by atoms with Gasteiger partial charge in [0.15, 0.2) is 10.8 Å². The van der Waals surface area contributed by atoms with Crippen LogP contribution in [0.3, 0.4) is 0 Å². The van der Waals surface area contributed by atoms with Crippen molar-refractivity contribution in [1.29, 1.82) is 0 Å². The van der Waals surface area contributed by atoms with E-state index in [-0.39, 0.29) is 29.7 Å². The van der Waals surface area contributed by atoms with Crippen LogP contribution in [-0.2, 0) is 23.4 Å². The van der Waals surface area contributed by atoms with Crippen molar-refractivity contribution in [2.45, 2.75) is 58.6 Å². The van der Waals surface area contributed by atoms with Gasteiger partial charge in [0, 0.05) is 5.92 Å². The first-order valence-corrected chi connectivity index (χ1v) is 13.7. The molecule has 37 heavy (non-hydrogen) atoms. The third-order valence-corrected chi connectivity index (χ3v) is 7.49. The predicted molar refractivity (Wildman–Crippen MR) is 137 cm³/mol. The first kappa shape index (κ1) is 27.3. The number of esters is 1. The van der Waals surface area contributed by atoms with Crippen LogP contribution in [0.15, 0.2) is 36.7 Å². The SMILES string of the molecule is CC(C)OC(=O)[C@H](C)NP(=O)(OC[C@@H]1C[C@H](C)C(n2cnc3c(Cl)nc(N)nc32)O1)Oc1ccccc1. The molecule has 0 bridgehead atoms. The van der Waals surface area contributed by atoms with Gasteiger partial charge in [-0.1, -0.05) is 36.7 Å². The summed E-state index contributed by atoms with van der Waals surface area (Å²) in [5, 5.41) is 2.83. The number of nitrogens with zero attached hydrogens (tertiary/aromatic N) is 4. The van der Waals surface area contributed by atoms with Gasteiger partial charge in [0.1, 0.15) is 23.5 Å². The van der Waals surface area contributed by atoms with E-state index in [2.05, 4.69) is 20.0 Å². The summed E-state index contributed by atoms with van der Waals surface area (Å²) in [6, 6.07) is 7.61. The topological polar surface area (TPSA) is 153 Å². The molecule has 2 unspecified atom stereocenters. The predicted octanol–water partition coefficient (Wildman–Crippen LogP) is 4.12. The Morgan fingerprint density at radius 3 is 2.73 bits per heavy atom. The van der Waals surface area contributed by atoms with Crippen molar-refractivity contribution in [1.82, 2.24) is 24.6 Å². The van der Waals surface area contributed by atoms with Crippen LogP contribution in [0.2, 0.25) is 5.15 Å². The number of imidazole rings is 1. The van der Waals surface area contributed by atoms with Crippen LogP contribution in [0.1, 0.15) is 40.3 Å². The quantitative estimate of drug-likeness (QED) is 0.212. The summed E-state index contributed by atoms with van der Waals surface area (Å²) in [6.45, 7) is 6.93. The summed E-state index contributed by atoms with van der Waals surface area (Å²) in [5.41, 5.74) is 6.63. The molecule has 3 heterocycles. The third kappa shape index (κ3) is 6.58. The molecule has 0 saturated carbocycles. The molecule has 3 aromatic rings. The van der Waals surface area contributed by atoms with Gasteiger partial charge in [0.25, 0.3) is 0 Å². The van der Waals surface area contributed by atoms with Gasteiger partial charge >= 0.3 is 13.7 Å². The first-order valence-electron chi connectivity index (χ1n) is 11.8. The van der Waals surface area contributed by atoms with Crippen molar-refractivity contribution in [2.75, 3.05) is 12.3 Å². The molecular weight excluding hydrogens is 523 g/mol. The van der Waals surface area contributed by atoms with Crippen LogP contribution in [-0.4, -0.2) is 50.3 Å². The molecule has 1 aliphatic rings. The number of aromatic nitrogens is 4. The molecule has 3 N–H and O–H groups in total. The summed E-state index contributed by atoms with van der Waals surface area (Å²) in [5.74, 6) is -0.197. The maximum atomic E-state index is 13.7. The molecule has 2 aromatic heterocycles. The fraction of sp³-hybridized carbons (Fsp3) is 0.478. The maximum Gasteiger partial charge on any atom is 0.459 e. The van der Waals surface area contributed by atoms with Crippen LogP contribution in [0.5, 0.6) is 5.75 Å². The van der Waals surface area contributed by atoms with Crippen LogP contribution >= 0.6 is 19.3 Å². The summed E-state index contributed by atoms with van der Waals surface area (Å²) < 4.78 is 38.3. The van der Waals surface area contributed by atoms with Crippen molar-refractivity contribution < 1.29 is 27.9 Å². The molecule has 14 heteroatoms. The zero-order valence-electron chi connectivity index (χ0n) is 20.9. The van der Waals surface area contributed by atoms with Gasteiger partial charge in [-0.05, 0) is 39.3 Å². The lowest BCUT2D eigenvalue weighted by Crippen LogP contribution is -2.36. The van der Waals surface area contributed by atoms with Gasteiger partial charge in [-0.15, -0.1) is 0 Å². The summed E-state index contributed by atoms with van der Waals surface area (Å²) >= 11 is 6.15. The summed E-state index contributed by atoms with van der Waals surface area (Å²) in [7, 11) is -4.00. The van der Waals surface area contributed by atoms with Gasteiger partial charge in [0.05, 0.1) is 25.1 Å². The van der Waals surface area contributed by atoms with E-state index in [1.54, 1.807) is 55.1 Å². The van der Waals surface area contributed by atoms with Crippen molar-refractivity contribution in [3.63, 3.8) is 0 Å². The average Bonchev–Trinajstić information content (AvgIpc) is 3.41. The van der Waals surface area contributed by atoms with Crippen LogP contribution in [0.4, 0.5) is 5.95 Å². The number of hydrogen-bond donors (Lipinski definition) is 2. The van der Waals surface area contributed by atoms with E-state index in [0.717, 1.165) is 0 Å². The lowest BCUT2D eigenvalue weighted by molar-refractivity contribution is -0.149. The number of carbonyl (C=O) groups excluding carboxylic acids is 1. The van der Waals surface area contributed by atoms with Crippen molar-refractivity contribution in [2.24, 2.45) is 5.92 Å². The van der Waals surface area contributed by atoms with Crippen molar-refractivity contribution in [3.8, 4) is 5.75 Å². The molecule has 0 aliphatic carbocycles. The first-order chi connectivity index (χ1) is 17.5. The maximum absolute atomic E-state index is 13.7. The molecule has 0 amide bonds. The van der Waals surface area contributed by atoms with E-state index in [4.69, 9.17) is 35.9 Å². The van der Waals surface area contributed by atoms with Gasteiger partial charge in [-0.2, -0.15) is 15.1 Å². The molecule has 0 radical (unpaired) electrons. The average molecular weight is 553 g/mol. The van der Waals surface area contributed by atoms with Gasteiger partial charge in [0.2, 0.25) is 5.95 Å². The number of para-hydroxylation sites is 1. The number of carbonyl (C=O) groups is 1. The molecule has 200 valence electrons. The lowest BCUT2D eigenvalue weighted by Gasteiger charge is -2.24. The fourth-order valence-electron chi connectivity index (χ4n) is 3.96. The normalized spacial score (nSPS) is 22.2. The highest BCUT2D eigenvalue weighted by atomic mass is 35.5. The number of fused-ring (bicyclic) bond motifs is 1. The Labute approximate surface area is 219 Å². The third-order valence-electron chi connectivity index (χ3n) is 5.58. The molecule has 5 atom stereocenters. The van der Waals surface area contributed by atoms with E-state index < -0.39 is 32.1 Å². The monoisotopic (exact) mass is 552 g/mol. The van der Waals surface area contributed by atoms with Crippen LogP contribution in [0, 0.1) is 5.92 Å². The minimum absolute atomic E-state index is 0.0278. The number of hydrogen-bond acceptors (Lipinski definition) is 10. The Balaban J connectivity index is 1.47. The molecule has 12 nitrogen and oxygen atoms in total. The minimum Gasteiger partial charge on any atom is -0.462 e.